The van der Waals surface area contributed by atoms with Crippen LogP contribution in [0.25, 0.3) is 0 Å². The molecule has 3 fully saturated rings. The lowest BCUT2D eigenvalue weighted by Gasteiger charge is -2.41. The molecule has 0 N–H and O–H groups in total. The maximum absolute atomic E-state index is 11.5. The molecule has 0 amide bonds. The first kappa shape index (κ1) is 32.8. The lowest BCUT2D eigenvalue weighted by molar-refractivity contribution is -0.156. The Morgan fingerprint density at radius 3 is 1.80 bits per heavy atom. The van der Waals surface area contributed by atoms with Crippen molar-refractivity contribution in [3.05, 3.63) is 25.3 Å². The Balaban J connectivity index is 1.20. The molecule has 0 saturated heterocycles. The Morgan fingerprint density at radius 2 is 1.25 bits per heavy atom. The third kappa shape index (κ3) is 11.7. The van der Waals surface area contributed by atoms with E-state index in [0.29, 0.717) is 12.7 Å². The Kier molecular flexibility index (Phi) is 15.4. The van der Waals surface area contributed by atoms with E-state index < -0.39 is 18.0 Å². The van der Waals surface area contributed by atoms with Crippen LogP contribution in [-0.4, -0.2) is 50.6 Å². The number of carbonyl (C=O) groups excluding carboxylic acids is 2. The molecule has 228 valence electrons. The molecule has 3 aliphatic rings. The summed E-state index contributed by atoms with van der Waals surface area (Å²) in [7, 11) is 0. The van der Waals surface area contributed by atoms with Crippen LogP contribution in [0.1, 0.15) is 110 Å². The predicted octanol–water partition coefficient (Wildman–Crippen LogP) is 7.60. The van der Waals surface area contributed by atoms with Crippen molar-refractivity contribution in [3.63, 3.8) is 0 Å². The Morgan fingerprint density at radius 1 is 0.725 bits per heavy atom. The van der Waals surface area contributed by atoms with Crippen LogP contribution in [0, 0.1) is 29.6 Å². The number of carbonyl (C=O) groups is 2. The molecular weight excluding hydrogens is 504 g/mol. The summed E-state index contributed by atoms with van der Waals surface area (Å²) in [5.74, 6) is 3.82. The number of ether oxygens (including phenoxy) is 4. The Labute approximate surface area is 243 Å². The average molecular weight is 561 g/mol. The molecule has 6 heteroatoms. The van der Waals surface area contributed by atoms with Gasteiger partial charge in [0.25, 0.3) is 0 Å². The van der Waals surface area contributed by atoms with Crippen LogP contribution in [0.3, 0.4) is 0 Å². The summed E-state index contributed by atoms with van der Waals surface area (Å²) in [6, 6.07) is 0. The molecule has 40 heavy (non-hydrogen) atoms. The molecule has 0 heterocycles. The van der Waals surface area contributed by atoms with Crippen LogP contribution in [0.15, 0.2) is 25.3 Å². The van der Waals surface area contributed by atoms with Crippen LogP contribution in [0.2, 0.25) is 0 Å². The highest BCUT2D eigenvalue weighted by molar-refractivity contribution is 5.82. The SMILES string of the molecule is C=CC(=O)OCC(COCCCCOC1CCC(C2CCC(C3CCC(CCC)CC3)CC2)CC1)OC(=O)C=C. The van der Waals surface area contributed by atoms with Gasteiger partial charge in [0.15, 0.2) is 6.10 Å². The van der Waals surface area contributed by atoms with Crippen molar-refractivity contribution in [1.82, 2.24) is 0 Å². The highest BCUT2D eigenvalue weighted by Crippen LogP contribution is 2.45. The molecule has 0 aromatic carbocycles. The van der Waals surface area contributed by atoms with E-state index in [4.69, 9.17) is 18.9 Å². The van der Waals surface area contributed by atoms with E-state index in [-0.39, 0.29) is 13.2 Å². The monoisotopic (exact) mass is 560 g/mol. The fraction of sp³-hybridized carbons (Fsp3) is 0.824. The molecule has 1 unspecified atom stereocenters. The molecule has 6 nitrogen and oxygen atoms in total. The zero-order chi connectivity index (χ0) is 28.6. The summed E-state index contributed by atoms with van der Waals surface area (Å²) < 4.78 is 22.0. The largest absolute Gasteiger partial charge is 0.458 e. The fourth-order valence-electron chi connectivity index (χ4n) is 7.50. The first-order valence-electron chi connectivity index (χ1n) is 16.3. The van der Waals surface area contributed by atoms with Crippen molar-refractivity contribution in [3.8, 4) is 0 Å². The van der Waals surface area contributed by atoms with Crippen LogP contribution in [0.4, 0.5) is 0 Å². The van der Waals surface area contributed by atoms with Crippen molar-refractivity contribution >= 4 is 11.9 Å². The highest BCUT2D eigenvalue weighted by Gasteiger charge is 2.34. The molecule has 0 aromatic heterocycles. The summed E-state index contributed by atoms with van der Waals surface area (Å²) in [5, 5.41) is 0. The second kappa shape index (κ2) is 18.7. The van der Waals surface area contributed by atoms with Crippen LogP contribution >= 0.6 is 0 Å². The van der Waals surface area contributed by atoms with E-state index in [1.54, 1.807) is 0 Å². The standard InChI is InChI=1S/C34H56O6/c1-4-9-26-10-12-27(13-11-26)28-14-16-29(17-15-28)30-18-20-31(21-19-30)38-23-8-7-22-37-24-32(40-34(36)6-3)25-39-33(35)5-2/h5-6,26-32H,2-4,7-25H2,1H3. The van der Waals surface area contributed by atoms with Crippen molar-refractivity contribution in [2.75, 3.05) is 26.4 Å². The number of hydrogen-bond acceptors (Lipinski definition) is 6. The predicted molar refractivity (Wildman–Crippen MR) is 159 cm³/mol. The zero-order valence-corrected chi connectivity index (χ0v) is 25.2. The van der Waals surface area contributed by atoms with E-state index in [2.05, 4.69) is 20.1 Å². The molecule has 0 aromatic rings. The van der Waals surface area contributed by atoms with Gasteiger partial charge in [-0.1, -0.05) is 45.8 Å². The fourth-order valence-corrected chi connectivity index (χ4v) is 7.50. The van der Waals surface area contributed by atoms with Crippen LogP contribution < -0.4 is 0 Å². The quantitative estimate of drug-likeness (QED) is 0.104. The van der Waals surface area contributed by atoms with Gasteiger partial charge in [-0.05, 0) is 107 Å². The Bertz CT molecular complexity index is 742. The molecule has 0 spiro atoms. The summed E-state index contributed by atoms with van der Waals surface area (Å²) >= 11 is 0. The normalized spacial score (nSPS) is 29.7. The molecule has 1 atom stereocenters. The van der Waals surface area contributed by atoms with E-state index in [1.165, 1.54) is 89.9 Å². The van der Waals surface area contributed by atoms with Gasteiger partial charge < -0.3 is 18.9 Å². The van der Waals surface area contributed by atoms with Gasteiger partial charge in [-0.25, -0.2) is 9.59 Å². The van der Waals surface area contributed by atoms with E-state index in [9.17, 15) is 9.59 Å². The lowest BCUT2D eigenvalue weighted by Crippen LogP contribution is -2.31. The lowest BCUT2D eigenvalue weighted by atomic mass is 9.65. The molecule has 0 radical (unpaired) electrons. The highest BCUT2D eigenvalue weighted by atomic mass is 16.6. The number of unbranched alkanes of at least 4 members (excludes halogenated alkanes) is 1. The summed E-state index contributed by atoms with van der Waals surface area (Å²) in [6.07, 6.45) is 23.6. The Hall–Kier alpha value is -1.66. The molecule has 3 rings (SSSR count). The maximum Gasteiger partial charge on any atom is 0.330 e. The smallest absolute Gasteiger partial charge is 0.330 e. The van der Waals surface area contributed by atoms with Gasteiger partial charge >= 0.3 is 11.9 Å². The summed E-state index contributed by atoms with van der Waals surface area (Å²) in [5.41, 5.74) is 0. The number of esters is 2. The van der Waals surface area contributed by atoms with Gasteiger partial charge in [0.2, 0.25) is 0 Å². The van der Waals surface area contributed by atoms with Crippen molar-refractivity contribution in [2.45, 2.75) is 122 Å². The second-order valence-corrected chi connectivity index (χ2v) is 12.5. The first-order valence-corrected chi connectivity index (χ1v) is 16.3. The van der Waals surface area contributed by atoms with Crippen molar-refractivity contribution in [1.29, 1.82) is 0 Å². The van der Waals surface area contributed by atoms with Gasteiger partial charge in [0, 0.05) is 25.4 Å². The maximum atomic E-state index is 11.5. The minimum atomic E-state index is -0.665. The van der Waals surface area contributed by atoms with Crippen molar-refractivity contribution in [2.24, 2.45) is 29.6 Å². The van der Waals surface area contributed by atoms with Gasteiger partial charge in [-0.2, -0.15) is 0 Å². The molecule has 3 saturated carbocycles. The van der Waals surface area contributed by atoms with Gasteiger partial charge in [-0.15, -0.1) is 0 Å². The number of hydrogen-bond donors (Lipinski definition) is 0. The van der Waals surface area contributed by atoms with Gasteiger partial charge in [0.1, 0.15) is 6.61 Å². The van der Waals surface area contributed by atoms with Gasteiger partial charge in [-0.3, -0.25) is 0 Å². The molecule has 0 aliphatic heterocycles. The third-order valence-electron chi connectivity index (χ3n) is 9.82. The minimum absolute atomic E-state index is 0.0717. The third-order valence-corrected chi connectivity index (χ3v) is 9.82. The molecular formula is C34H56O6. The average Bonchev–Trinajstić information content (AvgIpc) is 3.00. The van der Waals surface area contributed by atoms with E-state index >= 15 is 0 Å². The summed E-state index contributed by atoms with van der Waals surface area (Å²) in [6.45, 7) is 10.5. The van der Waals surface area contributed by atoms with Crippen LogP contribution in [-0.2, 0) is 28.5 Å². The number of rotatable bonds is 17. The topological polar surface area (TPSA) is 71.1 Å². The van der Waals surface area contributed by atoms with Gasteiger partial charge in [0.05, 0.1) is 12.7 Å². The van der Waals surface area contributed by atoms with Crippen molar-refractivity contribution < 1.29 is 28.5 Å². The molecule has 3 aliphatic carbocycles. The molecule has 0 bridgehead atoms. The first-order chi connectivity index (χ1) is 19.5. The van der Waals surface area contributed by atoms with Crippen LogP contribution in [0.5, 0.6) is 0 Å². The zero-order valence-electron chi connectivity index (χ0n) is 25.2. The van der Waals surface area contributed by atoms with E-state index in [1.807, 2.05) is 0 Å². The summed E-state index contributed by atoms with van der Waals surface area (Å²) in [4.78, 5) is 22.8. The van der Waals surface area contributed by atoms with E-state index in [0.717, 1.165) is 61.2 Å². The second-order valence-electron chi connectivity index (χ2n) is 12.5. The minimum Gasteiger partial charge on any atom is -0.458 e.